The molecule has 3 atom stereocenters. The van der Waals surface area contributed by atoms with Crippen LogP contribution in [0.4, 0.5) is 5.13 Å². The zero-order valence-electron chi connectivity index (χ0n) is 19.0. The molecule has 3 aliphatic rings. The largest absolute Gasteiger partial charge is 0.373 e. The molecule has 0 radical (unpaired) electrons. The van der Waals surface area contributed by atoms with Crippen molar-refractivity contribution < 1.29 is 9.26 Å². The third kappa shape index (κ3) is 3.46. The zero-order valence-corrected chi connectivity index (χ0v) is 20.6. The third-order valence-corrected chi connectivity index (χ3v) is 9.06. The molecule has 0 spiro atoms. The Morgan fingerprint density at radius 3 is 2.79 bits per heavy atom. The molecule has 0 N–H and O–H groups in total. The van der Waals surface area contributed by atoms with Gasteiger partial charge in [-0.15, -0.1) is 0 Å². The molecule has 34 heavy (non-hydrogen) atoms. The van der Waals surface area contributed by atoms with Crippen molar-refractivity contribution in [3.63, 3.8) is 0 Å². The minimum atomic E-state index is 0.262. The molecular formula is C27H26ClN3O2S. The van der Waals surface area contributed by atoms with E-state index in [0.29, 0.717) is 29.5 Å². The van der Waals surface area contributed by atoms with Crippen molar-refractivity contribution >= 4 is 38.3 Å². The molecule has 1 aliphatic heterocycles. The Balaban J connectivity index is 1.10. The summed E-state index contributed by atoms with van der Waals surface area (Å²) >= 11 is 8.39. The SMILES string of the molecule is Cc1cccc(Cl)c1-c1noc(C2CC2)c1CO[C@@H]1C[C@@H]2C[C@H]1CN2c1nc2ccccc2s1. The first-order valence-electron chi connectivity index (χ1n) is 12.1. The Morgan fingerprint density at radius 1 is 1.15 bits per heavy atom. The summed E-state index contributed by atoms with van der Waals surface area (Å²) in [5.41, 5.74) is 5.11. The summed E-state index contributed by atoms with van der Waals surface area (Å²) in [5, 5.41) is 6.34. The van der Waals surface area contributed by atoms with Crippen LogP contribution in [-0.2, 0) is 11.3 Å². The molecule has 3 fully saturated rings. The first-order chi connectivity index (χ1) is 16.7. The first-order valence-corrected chi connectivity index (χ1v) is 13.3. The number of hydrogen-bond acceptors (Lipinski definition) is 6. The number of halogens is 1. The number of rotatable bonds is 6. The number of nitrogens with zero attached hydrogens (tertiary/aromatic N) is 3. The van der Waals surface area contributed by atoms with Crippen LogP contribution in [-0.4, -0.2) is 28.8 Å². The van der Waals surface area contributed by atoms with Gasteiger partial charge in [0, 0.05) is 35.5 Å². The highest BCUT2D eigenvalue weighted by molar-refractivity contribution is 7.22. The third-order valence-electron chi connectivity index (χ3n) is 7.67. The van der Waals surface area contributed by atoms with E-state index in [2.05, 4.69) is 47.3 Å². The Morgan fingerprint density at radius 2 is 2.03 bits per heavy atom. The van der Waals surface area contributed by atoms with Gasteiger partial charge in [-0.1, -0.05) is 52.4 Å². The number of thiazole rings is 1. The maximum Gasteiger partial charge on any atom is 0.186 e. The zero-order chi connectivity index (χ0) is 22.8. The quantitative estimate of drug-likeness (QED) is 0.291. The van der Waals surface area contributed by atoms with Gasteiger partial charge in [0.1, 0.15) is 11.5 Å². The second kappa shape index (κ2) is 8.08. The number of aryl methyl sites for hydroxylation is 1. The number of aromatic nitrogens is 2. The number of para-hydroxylation sites is 1. The van der Waals surface area contributed by atoms with Gasteiger partial charge in [-0.2, -0.15) is 0 Å². The lowest BCUT2D eigenvalue weighted by molar-refractivity contribution is 0.0122. The molecule has 5 nitrogen and oxygen atoms in total. The van der Waals surface area contributed by atoms with Crippen molar-refractivity contribution in [2.24, 2.45) is 5.92 Å². The molecule has 0 unspecified atom stereocenters. The van der Waals surface area contributed by atoms with Crippen LogP contribution in [0.3, 0.4) is 0 Å². The summed E-state index contributed by atoms with van der Waals surface area (Å²) in [7, 11) is 0. The lowest BCUT2D eigenvalue weighted by atomic mass is 10.00. The van der Waals surface area contributed by atoms with Crippen LogP contribution in [0.5, 0.6) is 0 Å². The van der Waals surface area contributed by atoms with E-state index in [4.69, 9.17) is 25.8 Å². The van der Waals surface area contributed by atoms with E-state index in [-0.39, 0.29) is 6.10 Å². The number of anilines is 1. The maximum absolute atomic E-state index is 6.60. The molecule has 2 aliphatic carbocycles. The molecule has 7 heteroatoms. The van der Waals surface area contributed by atoms with E-state index in [0.717, 1.165) is 64.6 Å². The van der Waals surface area contributed by atoms with Crippen molar-refractivity contribution in [2.45, 2.75) is 57.3 Å². The minimum Gasteiger partial charge on any atom is -0.373 e. The lowest BCUT2D eigenvalue weighted by Gasteiger charge is -2.31. The predicted molar refractivity (Wildman–Crippen MR) is 136 cm³/mol. The van der Waals surface area contributed by atoms with E-state index < -0.39 is 0 Å². The van der Waals surface area contributed by atoms with Gasteiger partial charge in [0.15, 0.2) is 5.13 Å². The van der Waals surface area contributed by atoms with Crippen molar-refractivity contribution in [3.05, 3.63) is 64.4 Å². The topological polar surface area (TPSA) is 51.4 Å². The molecule has 3 heterocycles. The second-order valence-electron chi connectivity index (χ2n) is 9.93. The molecular weight excluding hydrogens is 466 g/mol. The van der Waals surface area contributed by atoms with Gasteiger partial charge in [-0.3, -0.25) is 0 Å². The summed E-state index contributed by atoms with van der Waals surface area (Å²) in [5.74, 6) is 2.00. The number of benzene rings is 2. The van der Waals surface area contributed by atoms with Crippen molar-refractivity contribution in [1.82, 2.24) is 10.1 Å². The van der Waals surface area contributed by atoms with Gasteiger partial charge in [0.05, 0.1) is 28.0 Å². The van der Waals surface area contributed by atoms with Crippen LogP contribution >= 0.6 is 22.9 Å². The second-order valence-corrected chi connectivity index (χ2v) is 11.3. The number of ether oxygens (including phenoxy) is 1. The van der Waals surface area contributed by atoms with Crippen LogP contribution in [0.1, 0.15) is 48.5 Å². The molecule has 2 aromatic heterocycles. The Hall–Kier alpha value is -2.41. The van der Waals surface area contributed by atoms with Gasteiger partial charge in [-0.25, -0.2) is 4.98 Å². The summed E-state index contributed by atoms with van der Waals surface area (Å²) < 4.78 is 13.7. The van der Waals surface area contributed by atoms with Gasteiger partial charge >= 0.3 is 0 Å². The Kier molecular flexibility index (Phi) is 4.97. The van der Waals surface area contributed by atoms with E-state index >= 15 is 0 Å². The molecule has 174 valence electrons. The fourth-order valence-electron chi connectivity index (χ4n) is 5.77. The average molecular weight is 492 g/mol. The maximum atomic E-state index is 6.60. The highest BCUT2D eigenvalue weighted by atomic mass is 35.5. The molecule has 4 aromatic rings. The van der Waals surface area contributed by atoms with Crippen molar-refractivity contribution in [2.75, 3.05) is 11.4 Å². The first kappa shape index (κ1) is 20.9. The van der Waals surface area contributed by atoms with Gasteiger partial charge in [0.2, 0.25) is 0 Å². The van der Waals surface area contributed by atoms with Gasteiger partial charge < -0.3 is 14.2 Å². The van der Waals surface area contributed by atoms with E-state index in [1.54, 1.807) is 11.3 Å². The summed E-state index contributed by atoms with van der Waals surface area (Å²) in [6.45, 7) is 3.62. The minimum absolute atomic E-state index is 0.262. The van der Waals surface area contributed by atoms with Crippen LogP contribution in [0.15, 0.2) is 47.0 Å². The molecule has 2 aromatic carbocycles. The monoisotopic (exact) mass is 491 g/mol. The lowest BCUT2D eigenvalue weighted by Crippen LogP contribution is -2.38. The molecule has 7 rings (SSSR count). The Bertz CT molecular complexity index is 1320. The van der Waals surface area contributed by atoms with Crippen molar-refractivity contribution in [3.8, 4) is 11.3 Å². The van der Waals surface area contributed by atoms with Crippen LogP contribution in [0.2, 0.25) is 5.02 Å². The summed E-state index contributed by atoms with van der Waals surface area (Å²) in [4.78, 5) is 7.40. The van der Waals surface area contributed by atoms with Crippen LogP contribution in [0, 0.1) is 12.8 Å². The van der Waals surface area contributed by atoms with Crippen LogP contribution < -0.4 is 4.90 Å². The fraction of sp³-hybridized carbons (Fsp3) is 0.407. The number of piperidine rings is 1. The molecule has 2 bridgehead atoms. The molecule has 0 amide bonds. The average Bonchev–Trinajstić information content (AvgIpc) is 3.17. The van der Waals surface area contributed by atoms with E-state index in [9.17, 15) is 0 Å². The van der Waals surface area contributed by atoms with Gasteiger partial charge in [0.25, 0.3) is 0 Å². The normalized spacial score (nSPS) is 23.9. The van der Waals surface area contributed by atoms with E-state index in [1.165, 1.54) is 11.1 Å². The Labute approximate surface area is 207 Å². The van der Waals surface area contributed by atoms with Crippen molar-refractivity contribution in [1.29, 1.82) is 0 Å². The number of hydrogen-bond donors (Lipinski definition) is 0. The van der Waals surface area contributed by atoms with E-state index in [1.807, 2.05) is 12.1 Å². The standard InChI is InChI=1S/C27H26ClN3O2S/c1-15-5-4-6-20(28)24(15)25-19(26(33-30-25)16-9-10-16)14-32-22-12-18-11-17(22)13-31(18)27-29-21-7-2-3-8-23(21)34-27/h2-8,16-18,22H,9-14H2,1H3/t17-,18-,22+/m0/s1. The molecule has 2 saturated carbocycles. The highest BCUT2D eigenvalue weighted by Crippen LogP contribution is 2.47. The summed E-state index contributed by atoms with van der Waals surface area (Å²) in [6.07, 6.45) is 4.81. The van der Waals surface area contributed by atoms with Crippen LogP contribution in [0.25, 0.3) is 21.5 Å². The highest BCUT2D eigenvalue weighted by Gasteiger charge is 2.46. The fourth-order valence-corrected chi connectivity index (χ4v) is 7.13. The smallest absolute Gasteiger partial charge is 0.186 e. The summed E-state index contributed by atoms with van der Waals surface area (Å²) in [6, 6.07) is 14.9. The predicted octanol–water partition coefficient (Wildman–Crippen LogP) is 6.97. The number of fused-ring (bicyclic) bond motifs is 3. The molecule has 1 saturated heterocycles. The van der Waals surface area contributed by atoms with Gasteiger partial charge in [-0.05, 0) is 56.4 Å².